The number of allylic oxidation sites excluding steroid dienone is 1. The topological polar surface area (TPSA) is 29.1 Å². The van der Waals surface area contributed by atoms with Crippen molar-refractivity contribution in [2.75, 3.05) is 5.32 Å². The molecule has 0 aliphatic heterocycles. The molecule has 26 heavy (non-hydrogen) atoms. The van der Waals surface area contributed by atoms with Crippen LogP contribution in [-0.2, 0) is 6.42 Å². The highest BCUT2D eigenvalue weighted by Gasteiger charge is 2.12. The quantitative estimate of drug-likeness (QED) is 0.474. The van der Waals surface area contributed by atoms with Crippen LogP contribution in [0.25, 0.3) is 17.2 Å². The Morgan fingerprint density at radius 2 is 1.73 bits per heavy atom. The van der Waals surface area contributed by atoms with Gasteiger partial charge in [-0.3, -0.25) is 4.79 Å². The number of rotatable bonds is 3. The first kappa shape index (κ1) is 17.0. The number of hydrogen-bond acceptors (Lipinski definition) is 1. The summed E-state index contributed by atoms with van der Waals surface area (Å²) in [6.45, 7) is 0. The third-order valence-electron chi connectivity index (χ3n) is 4.63. The van der Waals surface area contributed by atoms with Crippen molar-refractivity contribution < 1.29 is 4.79 Å². The average molecular weight is 451 g/mol. The minimum Gasteiger partial charge on any atom is -0.322 e. The van der Waals surface area contributed by atoms with Gasteiger partial charge in [0.05, 0.1) is 5.56 Å². The van der Waals surface area contributed by atoms with Crippen molar-refractivity contribution in [1.29, 1.82) is 0 Å². The summed E-state index contributed by atoms with van der Waals surface area (Å²) in [5.74, 6) is -0.0808. The molecule has 1 amide bonds. The van der Waals surface area contributed by atoms with Crippen molar-refractivity contribution in [3.8, 4) is 11.1 Å². The van der Waals surface area contributed by atoms with E-state index in [0.717, 1.165) is 22.1 Å². The number of anilines is 1. The zero-order chi connectivity index (χ0) is 17.9. The van der Waals surface area contributed by atoms with Crippen molar-refractivity contribution in [1.82, 2.24) is 0 Å². The van der Waals surface area contributed by atoms with Gasteiger partial charge in [0.2, 0.25) is 0 Å². The summed E-state index contributed by atoms with van der Waals surface area (Å²) in [7, 11) is 0. The molecular formula is C23H18INO. The van der Waals surface area contributed by atoms with Crippen LogP contribution in [0.2, 0.25) is 0 Å². The van der Waals surface area contributed by atoms with Gasteiger partial charge in [0.15, 0.2) is 0 Å². The minimum absolute atomic E-state index is 0.0808. The van der Waals surface area contributed by atoms with Crippen molar-refractivity contribution in [3.63, 3.8) is 0 Å². The van der Waals surface area contributed by atoms with Crippen LogP contribution in [0.3, 0.4) is 0 Å². The second kappa shape index (κ2) is 7.46. The van der Waals surface area contributed by atoms with Crippen LogP contribution in [0.4, 0.5) is 5.69 Å². The Morgan fingerprint density at radius 3 is 2.54 bits per heavy atom. The van der Waals surface area contributed by atoms with Gasteiger partial charge in [-0.15, -0.1) is 0 Å². The fraction of sp³-hybridized carbons (Fsp3) is 0.0870. The Hall–Kier alpha value is -2.40. The van der Waals surface area contributed by atoms with Crippen molar-refractivity contribution in [2.24, 2.45) is 0 Å². The normalized spacial score (nSPS) is 12.5. The highest BCUT2D eigenvalue weighted by molar-refractivity contribution is 14.1. The van der Waals surface area contributed by atoms with Gasteiger partial charge < -0.3 is 5.32 Å². The van der Waals surface area contributed by atoms with E-state index in [1.165, 1.54) is 22.3 Å². The molecule has 0 bridgehead atoms. The van der Waals surface area contributed by atoms with E-state index < -0.39 is 0 Å². The van der Waals surface area contributed by atoms with Crippen molar-refractivity contribution in [3.05, 3.63) is 93.1 Å². The summed E-state index contributed by atoms with van der Waals surface area (Å²) in [6, 6.07) is 22.2. The molecule has 0 saturated carbocycles. The van der Waals surface area contributed by atoms with E-state index in [4.69, 9.17) is 0 Å². The molecule has 1 aliphatic rings. The summed E-state index contributed by atoms with van der Waals surface area (Å²) in [6.07, 6.45) is 6.67. The lowest BCUT2D eigenvalue weighted by molar-refractivity contribution is 0.102. The molecule has 0 heterocycles. The highest BCUT2D eigenvalue weighted by Crippen LogP contribution is 2.31. The number of carbonyl (C=O) groups is 1. The van der Waals surface area contributed by atoms with E-state index in [0.29, 0.717) is 5.56 Å². The number of nitrogens with one attached hydrogen (secondary N) is 1. The minimum atomic E-state index is -0.0808. The fourth-order valence-electron chi connectivity index (χ4n) is 3.30. The van der Waals surface area contributed by atoms with Crippen LogP contribution in [-0.4, -0.2) is 5.91 Å². The molecule has 3 aromatic rings. The molecule has 0 spiro atoms. The fourth-order valence-corrected chi connectivity index (χ4v) is 3.93. The van der Waals surface area contributed by atoms with Crippen molar-refractivity contribution in [2.45, 2.75) is 12.8 Å². The predicted molar refractivity (Wildman–Crippen MR) is 116 cm³/mol. The molecular weight excluding hydrogens is 433 g/mol. The Morgan fingerprint density at radius 1 is 0.923 bits per heavy atom. The van der Waals surface area contributed by atoms with Crippen LogP contribution < -0.4 is 5.32 Å². The molecule has 128 valence electrons. The van der Waals surface area contributed by atoms with Gasteiger partial charge in [-0.25, -0.2) is 0 Å². The van der Waals surface area contributed by atoms with Crippen LogP contribution in [0.5, 0.6) is 0 Å². The Kier molecular flexibility index (Phi) is 4.89. The standard InChI is InChI=1S/C23H18INO/c24-22-11-4-3-9-21(22)23(26)25-18-14-12-17(13-15-18)20-10-5-7-16-6-1-2-8-19(16)20/h2-5,7-15H,1,6H2,(H,25,26). The van der Waals surface area contributed by atoms with E-state index in [1.54, 1.807) is 0 Å². The van der Waals surface area contributed by atoms with E-state index in [9.17, 15) is 4.79 Å². The Labute approximate surface area is 167 Å². The summed E-state index contributed by atoms with van der Waals surface area (Å²) in [5.41, 5.74) is 6.63. The molecule has 1 N–H and O–H groups in total. The monoisotopic (exact) mass is 451 g/mol. The van der Waals surface area contributed by atoms with Gasteiger partial charge in [0.25, 0.3) is 5.91 Å². The van der Waals surface area contributed by atoms with E-state index in [2.05, 4.69) is 70.4 Å². The first-order valence-electron chi connectivity index (χ1n) is 8.67. The number of amides is 1. The lowest BCUT2D eigenvalue weighted by Gasteiger charge is -2.15. The largest absolute Gasteiger partial charge is 0.322 e. The second-order valence-electron chi connectivity index (χ2n) is 6.33. The predicted octanol–water partition coefficient (Wildman–Crippen LogP) is 6.17. The first-order chi connectivity index (χ1) is 12.7. The zero-order valence-electron chi connectivity index (χ0n) is 14.2. The van der Waals surface area contributed by atoms with E-state index in [1.807, 2.05) is 36.4 Å². The maximum Gasteiger partial charge on any atom is 0.256 e. The number of fused-ring (bicyclic) bond motifs is 1. The molecule has 0 radical (unpaired) electrons. The average Bonchev–Trinajstić information content (AvgIpc) is 2.68. The van der Waals surface area contributed by atoms with Crippen LogP contribution in [0, 0.1) is 3.57 Å². The highest BCUT2D eigenvalue weighted by atomic mass is 127. The molecule has 2 nitrogen and oxygen atoms in total. The molecule has 1 aliphatic carbocycles. The third-order valence-corrected chi connectivity index (χ3v) is 5.57. The lowest BCUT2D eigenvalue weighted by Crippen LogP contribution is -2.13. The number of carbonyl (C=O) groups excluding carboxylic acids is 1. The maximum absolute atomic E-state index is 12.5. The SMILES string of the molecule is O=C(Nc1ccc(-c2cccc3c2C=CCC3)cc1)c1ccccc1I. The summed E-state index contributed by atoms with van der Waals surface area (Å²) >= 11 is 2.18. The summed E-state index contributed by atoms with van der Waals surface area (Å²) in [5, 5.41) is 2.98. The van der Waals surface area contributed by atoms with Gasteiger partial charge in [0.1, 0.15) is 0 Å². The van der Waals surface area contributed by atoms with Gasteiger partial charge in [-0.2, -0.15) is 0 Å². The number of benzene rings is 3. The molecule has 3 heteroatoms. The molecule has 0 aromatic heterocycles. The third kappa shape index (κ3) is 3.44. The van der Waals surface area contributed by atoms with Gasteiger partial charge in [-0.05, 0) is 82.0 Å². The lowest BCUT2D eigenvalue weighted by atomic mass is 9.90. The molecule has 0 atom stereocenters. The second-order valence-corrected chi connectivity index (χ2v) is 7.49. The Bertz CT molecular complexity index is 989. The van der Waals surface area contributed by atoms with Gasteiger partial charge in [0, 0.05) is 9.26 Å². The van der Waals surface area contributed by atoms with E-state index in [-0.39, 0.29) is 5.91 Å². The number of aryl methyl sites for hydroxylation is 1. The Balaban J connectivity index is 1.58. The zero-order valence-corrected chi connectivity index (χ0v) is 16.4. The van der Waals surface area contributed by atoms with Crippen molar-refractivity contribution >= 4 is 40.3 Å². The van der Waals surface area contributed by atoms with Gasteiger partial charge in [-0.1, -0.05) is 54.6 Å². The molecule has 4 rings (SSSR count). The number of halogens is 1. The molecule has 0 unspecified atom stereocenters. The maximum atomic E-state index is 12.5. The number of hydrogen-bond donors (Lipinski definition) is 1. The smallest absolute Gasteiger partial charge is 0.256 e. The van der Waals surface area contributed by atoms with E-state index >= 15 is 0 Å². The molecule has 3 aromatic carbocycles. The molecule has 0 saturated heterocycles. The molecule has 0 fully saturated rings. The first-order valence-corrected chi connectivity index (χ1v) is 9.75. The van der Waals surface area contributed by atoms with Gasteiger partial charge >= 0.3 is 0 Å². The summed E-state index contributed by atoms with van der Waals surface area (Å²) < 4.78 is 0.946. The van der Waals surface area contributed by atoms with Crippen LogP contribution in [0.1, 0.15) is 27.9 Å². The van der Waals surface area contributed by atoms with Crippen LogP contribution >= 0.6 is 22.6 Å². The summed E-state index contributed by atoms with van der Waals surface area (Å²) in [4.78, 5) is 12.5. The van der Waals surface area contributed by atoms with Crippen LogP contribution in [0.15, 0.2) is 72.8 Å².